The molecule has 1 atom stereocenters. The summed E-state index contributed by atoms with van der Waals surface area (Å²) in [4.78, 5) is -0.434. The molecule has 3 rings (SSSR count). The number of hydrogen-bond donors (Lipinski definition) is 0. The van der Waals surface area contributed by atoms with E-state index in [0.717, 1.165) is 0 Å². The fourth-order valence-corrected chi connectivity index (χ4v) is 6.54. The Morgan fingerprint density at radius 3 is 1.36 bits per heavy atom. The summed E-state index contributed by atoms with van der Waals surface area (Å²) in [6, 6.07) is 22.6. The van der Waals surface area contributed by atoms with Crippen LogP contribution in [-0.4, -0.2) is 20.5 Å². The summed E-state index contributed by atoms with van der Waals surface area (Å²) in [5, 5.41) is 9.75. The second-order valence-electron chi connectivity index (χ2n) is 5.80. The van der Waals surface area contributed by atoms with Crippen LogP contribution in [0, 0.1) is 11.3 Å². The van der Waals surface area contributed by atoms with E-state index in [1.165, 1.54) is 60.7 Å². The molecule has 0 radical (unpaired) electrons. The van der Waals surface area contributed by atoms with Gasteiger partial charge in [-0.2, -0.15) is 5.26 Å². The third-order valence-electron chi connectivity index (χ3n) is 4.00. The van der Waals surface area contributed by atoms with Gasteiger partial charge in [-0.3, -0.25) is 0 Å². The van der Waals surface area contributed by atoms with Crippen LogP contribution in [0.1, 0.15) is 11.6 Å². The first-order valence-electron chi connectivity index (χ1n) is 8.23. The average Bonchev–Trinajstić information content (AvgIpc) is 2.73. The predicted molar refractivity (Wildman–Crippen MR) is 104 cm³/mol. The second-order valence-corrected chi connectivity index (χ2v) is 9.66. The molecule has 3 aromatic rings. The molecule has 0 aliphatic heterocycles. The maximum atomic E-state index is 13.3. The Balaban J connectivity index is 2.28. The van der Waals surface area contributed by atoms with Crippen LogP contribution in [0.5, 0.6) is 0 Å². The SMILES string of the molecule is N#CC(c1ccccc1)N(S(=O)(=O)c1ccccc1)S(=O)(=O)c1ccccc1. The largest absolute Gasteiger partial charge is 0.257 e. The Kier molecular flexibility index (Phi) is 5.61. The number of nitrogens with zero attached hydrogens (tertiary/aromatic N) is 2. The van der Waals surface area contributed by atoms with Crippen LogP contribution in [-0.2, 0) is 20.0 Å². The van der Waals surface area contributed by atoms with Crippen LogP contribution in [0.15, 0.2) is 101 Å². The first-order valence-corrected chi connectivity index (χ1v) is 11.1. The number of sulfonamides is 2. The van der Waals surface area contributed by atoms with Gasteiger partial charge in [-0.1, -0.05) is 70.4 Å². The van der Waals surface area contributed by atoms with Crippen LogP contribution in [0.2, 0.25) is 0 Å². The number of hydrogen-bond acceptors (Lipinski definition) is 5. The summed E-state index contributed by atoms with van der Waals surface area (Å²) in [5.41, 5.74) is 0.254. The van der Waals surface area contributed by atoms with Crippen LogP contribution in [0.3, 0.4) is 0 Å². The van der Waals surface area contributed by atoms with E-state index in [4.69, 9.17) is 0 Å². The molecule has 0 aromatic heterocycles. The standard InChI is InChI=1S/C20H16N2O4S2/c21-16-20(17-10-4-1-5-11-17)22(27(23,24)18-12-6-2-7-13-18)28(25,26)19-14-8-3-9-15-19/h1-15,20H. The van der Waals surface area contributed by atoms with Crippen molar-refractivity contribution in [3.05, 3.63) is 96.6 Å². The highest BCUT2D eigenvalue weighted by Gasteiger charge is 2.43. The number of rotatable bonds is 6. The lowest BCUT2D eigenvalue weighted by molar-refractivity contribution is 0.472. The zero-order chi connectivity index (χ0) is 20.2. The van der Waals surface area contributed by atoms with Gasteiger partial charge in [0.1, 0.15) is 0 Å². The van der Waals surface area contributed by atoms with E-state index in [1.54, 1.807) is 30.3 Å². The monoisotopic (exact) mass is 412 g/mol. The minimum atomic E-state index is -4.54. The summed E-state index contributed by atoms with van der Waals surface area (Å²) in [6.07, 6.45) is 0. The van der Waals surface area contributed by atoms with E-state index >= 15 is 0 Å². The molecule has 28 heavy (non-hydrogen) atoms. The lowest BCUT2D eigenvalue weighted by Crippen LogP contribution is -2.39. The maximum Gasteiger partial charge on any atom is 0.257 e. The summed E-state index contributed by atoms with van der Waals surface area (Å²) in [7, 11) is -9.09. The van der Waals surface area contributed by atoms with Crippen molar-refractivity contribution in [1.82, 2.24) is 3.71 Å². The van der Waals surface area contributed by atoms with Gasteiger partial charge in [0.05, 0.1) is 15.9 Å². The van der Waals surface area contributed by atoms with Gasteiger partial charge >= 0.3 is 0 Å². The van der Waals surface area contributed by atoms with Crippen LogP contribution < -0.4 is 0 Å². The van der Waals surface area contributed by atoms with E-state index in [0.29, 0.717) is 3.71 Å². The lowest BCUT2D eigenvalue weighted by atomic mass is 10.1. The Morgan fingerprint density at radius 1 is 0.643 bits per heavy atom. The predicted octanol–water partition coefficient (Wildman–Crippen LogP) is 3.33. The Hall–Kier alpha value is -2.99. The van der Waals surface area contributed by atoms with Gasteiger partial charge in [0.15, 0.2) is 6.04 Å². The molecule has 0 bridgehead atoms. The Morgan fingerprint density at radius 2 is 1.00 bits per heavy atom. The van der Waals surface area contributed by atoms with Crippen molar-refractivity contribution in [2.75, 3.05) is 0 Å². The molecule has 0 amide bonds. The van der Waals surface area contributed by atoms with E-state index in [9.17, 15) is 22.1 Å². The first-order chi connectivity index (χ1) is 13.4. The van der Waals surface area contributed by atoms with Crippen LogP contribution in [0.4, 0.5) is 0 Å². The van der Waals surface area contributed by atoms with Crippen molar-refractivity contribution in [3.8, 4) is 6.07 Å². The molecular weight excluding hydrogens is 396 g/mol. The van der Waals surface area contributed by atoms with E-state index in [-0.39, 0.29) is 15.4 Å². The smallest absolute Gasteiger partial charge is 0.206 e. The molecular formula is C20H16N2O4S2. The third kappa shape index (κ3) is 3.68. The van der Waals surface area contributed by atoms with Gasteiger partial charge in [-0.05, 0) is 29.8 Å². The Labute approximate surface area is 164 Å². The van der Waals surface area contributed by atoms with Gasteiger partial charge in [0.25, 0.3) is 20.0 Å². The van der Waals surface area contributed by atoms with Gasteiger partial charge in [0.2, 0.25) is 0 Å². The van der Waals surface area contributed by atoms with Crippen molar-refractivity contribution in [2.24, 2.45) is 0 Å². The van der Waals surface area contributed by atoms with Gasteiger partial charge < -0.3 is 0 Å². The molecule has 0 aliphatic rings. The summed E-state index contributed by atoms with van der Waals surface area (Å²) >= 11 is 0. The van der Waals surface area contributed by atoms with Crippen molar-refractivity contribution >= 4 is 20.0 Å². The molecule has 0 aliphatic carbocycles. The molecule has 0 heterocycles. The number of benzene rings is 3. The fraction of sp³-hybridized carbons (Fsp3) is 0.0500. The Bertz CT molecular complexity index is 1120. The highest BCUT2D eigenvalue weighted by atomic mass is 32.3. The zero-order valence-electron chi connectivity index (χ0n) is 14.6. The van der Waals surface area contributed by atoms with Crippen LogP contribution >= 0.6 is 0 Å². The molecule has 0 N–H and O–H groups in total. The van der Waals surface area contributed by atoms with Gasteiger partial charge in [-0.25, -0.2) is 16.8 Å². The zero-order valence-corrected chi connectivity index (χ0v) is 16.2. The third-order valence-corrected chi connectivity index (χ3v) is 8.29. The molecule has 3 aromatic carbocycles. The van der Waals surface area contributed by atoms with E-state index in [2.05, 4.69) is 0 Å². The topological polar surface area (TPSA) is 95.3 Å². The molecule has 0 spiro atoms. The number of nitriles is 1. The van der Waals surface area contributed by atoms with Crippen molar-refractivity contribution in [2.45, 2.75) is 15.8 Å². The fourth-order valence-electron chi connectivity index (χ4n) is 2.68. The molecule has 0 fully saturated rings. The van der Waals surface area contributed by atoms with Crippen LogP contribution in [0.25, 0.3) is 0 Å². The molecule has 0 saturated carbocycles. The van der Waals surface area contributed by atoms with Crippen molar-refractivity contribution in [1.29, 1.82) is 5.26 Å². The molecule has 6 nitrogen and oxygen atoms in total. The quantitative estimate of drug-likeness (QED) is 0.619. The molecule has 0 saturated heterocycles. The van der Waals surface area contributed by atoms with Gasteiger partial charge in [-0.15, -0.1) is 0 Å². The minimum absolute atomic E-state index is 0.217. The minimum Gasteiger partial charge on any atom is -0.206 e. The molecule has 8 heteroatoms. The van der Waals surface area contributed by atoms with Crippen molar-refractivity contribution < 1.29 is 16.8 Å². The van der Waals surface area contributed by atoms with Crippen molar-refractivity contribution in [3.63, 3.8) is 0 Å². The van der Waals surface area contributed by atoms with E-state index < -0.39 is 26.1 Å². The summed E-state index contributed by atoms with van der Waals surface area (Å²) < 4.78 is 53.6. The lowest BCUT2D eigenvalue weighted by Gasteiger charge is -2.26. The average molecular weight is 412 g/mol. The highest BCUT2D eigenvalue weighted by molar-refractivity contribution is 8.04. The summed E-state index contributed by atoms with van der Waals surface area (Å²) in [5.74, 6) is 0. The molecule has 1 unspecified atom stereocenters. The normalized spacial score (nSPS) is 13.0. The maximum absolute atomic E-state index is 13.3. The highest BCUT2D eigenvalue weighted by Crippen LogP contribution is 2.33. The van der Waals surface area contributed by atoms with E-state index in [1.807, 2.05) is 6.07 Å². The summed E-state index contributed by atoms with van der Waals surface area (Å²) in [6.45, 7) is 0. The molecule has 142 valence electrons. The van der Waals surface area contributed by atoms with Gasteiger partial charge in [0, 0.05) is 0 Å². The second kappa shape index (κ2) is 7.94. The first kappa shape index (κ1) is 19.8.